The third-order valence-corrected chi connectivity index (χ3v) is 5.59. The van der Waals surface area contributed by atoms with Crippen molar-refractivity contribution in [2.75, 3.05) is 39.9 Å². The summed E-state index contributed by atoms with van der Waals surface area (Å²) >= 11 is 0. The Morgan fingerprint density at radius 1 is 1.12 bits per heavy atom. The summed E-state index contributed by atoms with van der Waals surface area (Å²) in [5.41, 5.74) is 1.31. The van der Waals surface area contributed by atoms with Gasteiger partial charge in [-0.05, 0) is 37.4 Å². The average molecular weight is 328 g/mol. The highest BCUT2D eigenvalue weighted by molar-refractivity contribution is 6.07. The zero-order chi connectivity index (χ0) is 16.7. The summed E-state index contributed by atoms with van der Waals surface area (Å²) in [6.07, 6.45) is 2.58. The molecule has 0 unspecified atom stereocenters. The Morgan fingerprint density at radius 2 is 1.88 bits per heavy atom. The first-order valence-electron chi connectivity index (χ1n) is 8.73. The van der Waals surface area contributed by atoms with Crippen LogP contribution >= 0.6 is 0 Å². The molecule has 1 aromatic carbocycles. The molecule has 24 heavy (non-hydrogen) atoms. The van der Waals surface area contributed by atoms with E-state index < -0.39 is 5.54 Å². The summed E-state index contributed by atoms with van der Waals surface area (Å²) in [6.45, 7) is 4.10. The van der Waals surface area contributed by atoms with Gasteiger partial charge in [-0.3, -0.25) is 9.69 Å². The summed E-state index contributed by atoms with van der Waals surface area (Å²) in [4.78, 5) is 31.6. The molecule has 128 valence electrons. The lowest BCUT2D eigenvalue weighted by molar-refractivity contribution is -0.133. The molecule has 3 amide bonds. The number of nitrogens with zero attached hydrogens (tertiary/aromatic N) is 3. The van der Waals surface area contributed by atoms with Crippen LogP contribution in [0.1, 0.15) is 24.0 Å². The Balaban J connectivity index is 1.58. The van der Waals surface area contributed by atoms with Crippen LogP contribution in [0.25, 0.3) is 0 Å². The number of aryl methyl sites for hydroxylation is 1. The van der Waals surface area contributed by atoms with E-state index in [1.807, 2.05) is 18.2 Å². The molecule has 6 nitrogen and oxygen atoms in total. The number of hydrogen-bond donors (Lipinski definition) is 1. The molecule has 0 aromatic heterocycles. The second-order valence-corrected chi connectivity index (χ2v) is 7.14. The van der Waals surface area contributed by atoms with Crippen LogP contribution in [0.4, 0.5) is 4.79 Å². The molecule has 4 rings (SSSR count). The summed E-state index contributed by atoms with van der Waals surface area (Å²) in [5, 5.41) is 3.02. The van der Waals surface area contributed by atoms with Crippen molar-refractivity contribution in [3.05, 3.63) is 35.4 Å². The normalized spacial score (nSPS) is 28.3. The van der Waals surface area contributed by atoms with Gasteiger partial charge in [-0.1, -0.05) is 24.3 Å². The van der Waals surface area contributed by atoms with Gasteiger partial charge in [-0.25, -0.2) is 9.69 Å². The van der Waals surface area contributed by atoms with Crippen LogP contribution in [0, 0.1) is 0 Å². The van der Waals surface area contributed by atoms with Gasteiger partial charge in [0.1, 0.15) is 5.54 Å². The predicted octanol–water partition coefficient (Wildman–Crippen LogP) is 0.975. The van der Waals surface area contributed by atoms with Gasteiger partial charge in [0.15, 0.2) is 0 Å². The van der Waals surface area contributed by atoms with Crippen molar-refractivity contribution in [2.45, 2.75) is 24.8 Å². The first-order chi connectivity index (χ1) is 11.6. The van der Waals surface area contributed by atoms with Crippen LogP contribution in [0.15, 0.2) is 24.3 Å². The van der Waals surface area contributed by atoms with Crippen LogP contribution in [-0.2, 0) is 16.8 Å². The van der Waals surface area contributed by atoms with E-state index in [0.717, 1.165) is 44.6 Å². The first-order valence-corrected chi connectivity index (χ1v) is 8.73. The van der Waals surface area contributed by atoms with Crippen molar-refractivity contribution < 1.29 is 9.59 Å². The van der Waals surface area contributed by atoms with Crippen LogP contribution in [0.3, 0.4) is 0 Å². The molecule has 0 radical (unpaired) electrons. The number of urea groups is 1. The zero-order valence-electron chi connectivity index (χ0n) is 14.1. The van der Waals surface area contributed by atoms with Crippen LogP contribution in [-0.4, -0.2) is 66.5 Å². The van der Waals surface area contributed by atoms with Gasteiger partial charge in [0.25, 0.3) is 5.91 Å². The van der Waals surface area contributed by atoms with E-state index in [1.165, 1.54) is 10.5 Å². The van der Waals surface area contributed by atoms with Gasteiger partial charge in [-0.2, -0.15) is 0 Å². The highest BCUT2D eigenvalue weighted by Gasteiger charge is 2.54. The minimum atomic E-state index is -0.849. The number of piperazine rings is 1. The second kappa shape index (κ2) is 5.86. The number of carbonyl (C=O) groups is 2. The number of nitrogens with one attached hydrogen (secondary N) is 1. The van der Waals surface area contributed by atoms with Gasteiger partial charge in [-0.15, -0.1) is 0 Å². The quantitative estimate of drug-likeness (QED) is 0.822. The van der Waals surface area contributed by atoms with Crippen molar-refractivity contribution in [1.29, 1.82) is 0 Å². The van der Waals surface area contributed by atoms with E-state index in [-0.39, 0.29) is 11.9 Å². The molecule has 2 aliphatic heterocycles. The summed E-state index contributed by atoms with van der Waals surface area (Å²) in [6, 6.07) is 7.76. The predicted molar refractivity (Wildman–Crippen MR) is 90.4 cm³/mol. The first kappa shape index (κ1) is 15.6. The van der Waals surface area contributed by atoms with Gasteiger partial charge >= 0.3 is 6.03 Å². The maximum absolute atomic E-state index is 13.2. The van der Waals surface area contributed by atoms with Crippen LogP contribution in [0.2, 0.25) is 0 Å². The van der Waals surface area contributed by atoms with E-state index in [9.17, 15) is 9.59 Å². The minimum absolute atomic E-state index is 0.0846. The molecule has 0 saturated carbocycles. The molecule has 2 heterocycles. The topological polar surface area (TPSA) is 55.9 Å². The molecule has 1 spiro atoms. The molecular formula is C18H24N4O2. The zero-order valence-corrected chi connectivity index (χ0v) is 14.1. The van der Waals surface area contributed by atoms with Gasteiger partial charge in [0.05, 0.1) is 6.67 Å². The van der Waals surface area contributed by atoms with Gasteiger partial charge in [0, 0.05) is 26.2 Å². The molecule has 1 atom stereocenters. The fourth-order valence-electron chi connectivity index (χ4n) is 4.13. The smallest absolute Gasteiger partial charge is 0.319 e. The maximum atomic E-state index is 13.2. The van der Waals surface area contributed by atoms with Crippen molar-refractivity contribution in [1.82, 2.24) is 20.0 Å². The number of hydrogen-bond acceptors (Lipinski definition) is 4. The molecule has 1 aromatic rings. The van der Waals surface area contributed by atoms with E-state index >= 15 is 0 Å². The van der Waals surface area contributed by atoms with Crippen molar-refractivity contribution in [3.63, 3.8) is 0 Å². The lowest BCUT2D eigenvalue weighted by atomic mass is 9.76. The molecular weight excluding hydrogens is 304 g/mol. The van der Waals surface area contributed by atoms with Crippen molar-refractivity contribution in [2.24, 2.45) is 0 Å². The second-order valence-electron chi connectivity index (χ2n) is 7.14. The summed E-state index contributed by atoms with van der Waals surface area (Å²) in [7, 11) is 2.10. The molecule has 3 aliphatic rings. The Hall–Kier alpha value is -1.92. The van der Waals surface area contributed by atoms with E-state index in [1.54, 1.807) is 0 Å². The fraction of sp³-hybridized carbons (Fsp3) is 0.556. The molecule has 0 bridgehead atoms. The Bertz CT molecular complexity index is 669. The third-order valence-electron chi connectivity index (χ3n) is 5.59. The fourth-order valence-corrected chi connectivity index (χ4v) is 4.13. The highest BCUT2D eigenvalue weighted by Crippen LogP contribution is 2.39. The third kappa shape index (κ3) is 2.41. The lowest BCUT2D eigenvalue weighted by Gasteiger charge is -2.35. The molecule has 1 aliphatic carbocycles. The largest absolute Gasteiger partial charge is 0.326 e. The standard InChI is InChI=1S/C18H24N4O2/c1-20-9-11-21(12-10-20)13-22-16(23)18(19-17(22)24)8-4-6-14-5-2-3-7-15(14)18/h2-3,5,7H,4,6,8-13H2,1H3,(H,19,24)/t18-/m0/s1. The van der Waals surface area contributed by atoms with Crippen molar-refractivity contribution >= 4 is 11.9 Å². The monoisotopic (exact) mass is 328 g/mol. The van der Waals surface area contributed by atoms with E-state index in [4.69, 9.17) is 0 Å². The average Bonchev–Trinajstić information content (AvgIpc) is 2.82. The SMILES string of the molecule is CN1CCN(CN2C(=O)N[C@]3(CCCc4ccccc43)C2=O)CC1. The van der Waals surface area contributed by atoms with Crippen LogP contribution < -0.4 is 5.32 Å². The number of fused-ring (bicyclic) bond motifs is 2. The molecule has 6 heteroatoms. The maximum Gasteiger partial charge on any atom is 0.326 e. The number of amides is 3. The number of rotatable bonds is 2. The molecule has 2 fully saturated rings. The summed E-state index contributed by atoms with van der Waals surface area (Å²) in [5.74, 6) is -0.0846. The minimum Gasteiger partial charge on any atom is -0.319 e. The molecule has 2 saturated heterocycles. The van der Waals surface area contributed by atoms with E-state index in [0.29, 0.717) is 13.1 Å². The van der Waals surface area contributed by atoms with Gasteiger partial charge < -0.3 is 10.2 Å². The molecule has 1 N–H and O–H groups in total. The highest BCUT2D eigenvalue weighted by atomic mass is 16.2. The lowest BCUT2D eigenvalue weighted by Crippen LogP contribution is -2.51. The van der Waals surface area contributed by atoms with E-state index in [2.05, 4.69) is 28.2 Å². The number of carbonyl (C=O) groups excluding carboxylic acids is 2. The number of likely N-dealkylation sites (N-methyl/N-ethyl adjacent to an activating group) is 1. The van der Waals surface area contributed by atoms with Crippen LogP contribution in [0.5, 0.6) is 0 Å². The summed E-state index contributed by atoms with van der Waals surface area (Å²) < 4.78 is 0. The van der Waals surface area contributed by atoms with Gasteiger partial charge in [0.2, 0.25) is 0 Å². The number of benzene rings is 1. The Morgan fingerprint density at radius 3 is 2.67 bits per heavy atom. The Kier molecular flexibility index (Phi) is 3.81. The van der Waals surface area contributed by atoms with Crippen molar-refractivity contribution in [3.8, 4) is 0 Å². The Labute approximate surface area is 142 Å². The number of imide groups is 1.